The number of nitrogens with zero attached hydrogens (tertiary/aromatic N) is 2. The first-order valence-corrected chi connectivity index (χ1v) is 8.82. The number of imidazole rings is 1. The van der Waals surface area contributed by atoms with Gasteiger partial charge in [-0.25, -0.2) is 4.98 Å². The molecule has 1 saturated carbocycles. The van der Waals surface area contributed by atoms with Crippen LogP contribution >= 0.6 is 0 Å². The Balaban J connectivity index is 1.60. The zero-order valence-corrected chi connectivity index (χ0v) is 14.1. The molecule has 0 saturated heterocycles. The molecular weight excluding hydrogens is 312 g/mol. The molecule has 1 aliphatic rings. The van der Waals surface area contributed by atoms with Gasteiger partial charge in [-0.15, -0.1) is 0 Å². The van der Waals surface area contributed by atoms with E-state index in [2.05, 4.69) is 28.1 Å². The molecule has 1 aromatic heterocycles. The van der Waals surface area contributed by atoms with Gasteiger partial charge in [-0.3, -0.25) is 4.79 Å². The van der Waals surface area contributed by atoms with Crippen molar-refractivity contribution in [1.82, 2.24) is 9.55 Å². The summed E-state index contributed by atoms with van der Waals surface area (Å²) in [6.07, 6.45) is 4.99. The Bertz CT molecular complexity index is 892. The van der Waals surface area contributed by atoms with E-state index in [9.17, 15) is 4.79 Å². The number of aromatic nitrogens is 2. The third-order valence-corrected chi connectivity index (χ3v) is 4.97. The standard InChI is InChI=1S/C20H22N4O/c21-19(25)15-11-9-14(10-12-15)13-22-20-23-17-7-3-4-8-18(17)24(20)16-5-1-2-6-16/h3-4,7-12,16H,1-2,5-6,13H2,(H2,21,25)(H,22,23). The molecule has 1 amide bonds. The van der Waals surface area contributed by atoms with E-state index >= 15 is 0 Å². The van der Waals surface area contributed by atoms with Crippen LogP contribution in [0.1, 0.15) is 47.6 Å². The molecule has 0 aliphatic heterocycles. The van der Waals surface area contributed by atoms with Gasteiger partial charge in [-0.1, -0.05) is 37.1 Å². The number of primary amides is 1. The largest absolute Gasteiger partial charge is 0.366 e. The molecule has 0 unspecified atom stereocenters. The van der Waals surface area contributed by atoms with E-state index in [1.807, 2.05) is 18.2 Å². The number of amides is 1. The molecule has 1 fully saturated rings. The molecule has 1 heterocycles. The van der Waals surface area contributed by atoms with Crippen LogP contribution < -0.4 is 11.1 Å². The summed E-state index contributed by atoms with van der Waals surface area (Å²) < 4.78 is 2.36. The van der Waals surface area contributed by atoms with Crippen molar-refractivity contribution >= 4 is 22.9 Å². The summed E-state index contributed by atoms with van der Waals surface area (Å²) in [6.45, 7) is 0.662. The van der Waals surface area contributed by atoms with Gasteiger partial charge in [0, 0.05) is 18.2 Å². The number of nitrogens with one attached hydrogen (secondary N) is 1. The van der Waals surface area contributed by atoms with Gasteiger partial charge in [0.25, 0.3) is 0 Å². The SMILES string of the molecule is NC(=O)c1ccc(CNc2nc3ccccc3n2C2CCCC2)cc1. The minimum absolute atomic E-state index is 0.400. The summed E-state index contributed by atoms with van der Waals surface area (Å²) in [5, 5.41) is 3.48. The molecule has 0 radical (unpaired) electrons. The second kappa shape index (κ2) is 6.59. The number of carbonyl (C=O) groups is 1. The summed E-state index contributed by atoms with van der Waals surface area (Å²) in [4.78, 5) is 16.0. The maximum absolute atomic E-state index is 11.2. The van der Waals surface area contributed by atoms with Crippen molar-refractivity contribution in [1.29, 1.82) is 0 Å². The molecule has 5 nitrogen and oxygen atoms in total. The maximum atomic E-state index is 11.2. The predicted octanol–water partition coefficient (Wildman–Crippen LogP) is 3.86. The van der Waals surface area contributed by atoms with E-state index in [4.69, 9.17) is 10.7 Å². The van der Waals surface area contributed by atoms with Crippen molar-refractivity contribution in [3.8, 4) is 0 Å². The second-order valence-corrected chi connectivity index (χ2v) is 6.65. The monoisotopic (exact) mass is 334 g/mol. The fraction of sp³-hybridized carbons (Fsp3) is 0.300. The minimum Gasteiger partial charge on any atom is -0.366 e. The van der Waals surface area contributed by atoms with Gasteiger partial charge in [-0.05, 0) is 42.7 Å². The highest BCUT2D eigenvalue weighted by atomic mass is 16.1. The number of anilines is 1. The van der Waals surface area contributed by atoms with Gasteiger partial charge in [-0.2, -0.15) is 0 Å². The summed E-state index contributed by atoms with van der Waals surface area (Å²) in [7, 11) is 0. The Morgan fingerprint density at radius 3 is 2.56 bits per heavy atom. The molecule has 0 bridgehead atoms. The van der Waals surface area contributed by atoms with Gasteiger partial charge < -0.3 is 15.6 Å². The lowest BCUT2D eigenvalue weighted by molar-refractivity contribution is 0.100. The lowest BCUT2D eigenvalue weighted by atomic mass is 10.1. The molecule has 25 heavy (non-hydrogen) atoms. The van der Waals surface area contributed by atoms with Crippen molar-refractivity contribution < 1.29 is 4.79 Å². The first kappa shape index (κ1) is 15.7. The van der Waals surface area contributed by atoms with Crippen molar-refractivity contribution in [2.45, 2.75) is 38.3 Å². The summed E-state index contributed by atoms with van der Waals surface area (Å²) >= 11 is 0. The highest BCUT2D eigenvalue weighted by Crippen LogP contribution is 2.35. The molecule has 5 heteroatoms. The first-order chi connectivity index (χ1) is 12.2. The summed E-state index contributed by atoms with van der Waals surface area (Å²) in [5.41, 5.74) is 9.14. The van der Waals surface area contributed by atoms with Crippen molar-refractivity contribution in [3.05, 3.63) is 59.7 Å². The molecular formula is C20H22N4O. The average molecular weight is 334 g/mol. The number of benzene rings is 2. The quantitative estimate of drug-likeness (QED) is 0.744. The van der Waals surface area contributed by atoms with Crippen LogP contribution in [0.5, 0.6) is 0 Å². The topological polar surface area (TPSA) is 72.9 Å². The highest BCUT2D eigenvalue weighted by molar-refractivity contribution is 5.92. The Morgan fingerprint density at radius 2 is 1.84 bits per heavy atom. The number of fused-ring (bicyclic) bond motifs is 1. The van der Waals surface area contributed by atoms with Crippen LogP contribution in [0.25, 0.3) is 11.0 Å². The highest BCUT2D eigenvalue weighted by Gasteiger charge is 2.22. The van der Waals surface area contributed by atoms with Crippen molar-refractivity contribution in [2.75, 3.05) is 5.32 Å². The van der Waals surface area contributed by atoms with E-state index in [1.165, 1.54) is 31.2 Å². The molecule has 0 atom stereocenters. The molecule has 0 spiro atoms. The third-order valence-electron chi connectivity index (χ3n) is 4.97. The van der Waals surface area contributed by atoms with Crippen molar-refractivity contribution in [2.24, 2.45) is 5.73 Å². The van der Waals surface area contributed by atoms with Gasteiger partial charge in [0.05, 0.1) is 11.0 Å². The fourth-order valence-electron chi connectivity index (χ4n) is 3.67. The van der Waals surface area contributed by atoms with Crippen LogP contribution in [0.3, 0.4) is 0 Å². The Hall–Kier alpha value is -2.82. The second-order valence-electron chi connectivity index (χ2n) is 6.65. The number of nitrogens with two attached hydrogens (primary N) is 1. The summed E-state index contributed by atoms with van der Waals surface area (Å²) in [6, 6.07) is 16.2. The van der Waals surface area contributed by atoms with Crippen LogP contribution in [0.15, 0.2) is 48.5 Å². The average Bonchev–Trinajstić information content (AvgIpc) is 3.27. The number of hydrogen-bond acceptors (Lipinski definition) is 3. The van der Waals surface area contributed by atoms with E-state index in [0.29, 0.717) is 18.2 Å². The molecule has 128 valence electrons. The van der Waals surface area contributed by atoms with Crippen LogP contribution in [0.2, 0.25) is 0 Å². The zero-order valence-electron chi connectivity index (χ0n) is 14.1. The Morgan fingerprint density at radius 1 is 1.12 bits per heavy atom. The smallest absolute Gasteiger partial charge is 0.248 e. The number of carbonyl (C=O) groups excluding carboxylic acids is 1. The minimum atomic E-state index is -0.400. The van der Waals surface area contributed by atoms with E-state index in [-0.39, 0.29) is 0 Å². The molecule has 3 aromatic rings. The first-order valence-electron chi connectivity index (χ1n) is 8.82. The molecule has 4 rings (SSSR count). The van der Waals surface area contributed by atoms with Gasteiger partial charge in [0.2, 0.25) is 11.9 Å². The molecule has 2 aromatic carbocycles. The Kier molecular flexibility index (Phi) is 4.14. The normalized spacial score (nSPS) is 14.9. The maximum Gasteiger partial charge on any atom is 0.248 e. The Labute approximate surface area is 146 Å². The van der Waals surface area contributed by atoms with Gasteiger partial charge >= 0.3 is 0 Å². The van der Waals surface area contributed by atoms with Crippen LogP contribution in [0.4, 0.5) is 5.95 Å². The molecule has 1 aliphatic carbocycles. The van der Waals surface area contributed by atoms with Gasteiger partial charge in [0.1, 0.15) is 0 Å². The van der Waals surface area contributed by atoms with Crippen LogP contribution in [-0.2, 0) is 6.54 Å². The molecule has 3 N–H and O–H groups in total. The zero-order chi connectivity index (χ0) is 17.2. The van der Waals surface area contributed by atoms with Crippen LogP contribution in [-0.4, -0.2) is 15.5 Å². The lowest BCUT2D eigenvalue weighted by Gasteiger charge is -2.17. The third kappa shape index (κ3) is 3.09. The van der Waals surface area contributed by atoms with Crippen LogP contribution in [0, 0.1) is 0 Å². The summed E-state index contributed by atoms with van der Waals surface area (Å²) in [5.74, 6) is 0.523. The number of para-hydroxylation sites is 2. The lowest BCUT2D eigenvalue weighted by Crippen LogP contribution is -2.12. The predicted molar refractivity (Wildman–Crippen MR) is 99.5 cm³/mol. The van der Waals surface area contributed by atoms with E-state index < -0.39 is 5.91 Å². The van der Waals surface area contributed by atoms with Gasteiger partial charge in [0.15, 0.2) is 0 Å². The van der Waals surface area contributed by atoms with E-state index in [0.717, 1.165) is 17.0 Å². The van der Waals surface area contributed by atoms with Crippen molar-refractivity contribution in [3.63, 3.8) is 0 Å². The fourth-order valence-corrected chi connectivity index (χ4v) is 3.67. The number of rotatable bonds is 5. The number of hydrogen-bond donors (Lipinski definition) is 2. The van der Waals surface area contributed by atoms with E-state index in [1.54, 1.807) is 12.1 Å².